The van der Waals surface area contributed by atoms with Gasteiger partial charge in [-0.3, -0.25) is 0 Å². The summed E-state index contributed by atoms with van der Waals surface area (Å²) < 4.78 is 5.65. The van der Waals surface area contributed by atoms with E-state index in [1.165, 1.54) is 12.8 Å². The average Bonchev–Trinajstić information content (AvgIpc) is 2.84. The van der Waals surface area contributed by atoms with Gasteiger partial charge in [-0.05, 0) is 26.3 Å². The van der Waals surface area contributed by atoms with Crippen molar-refractivity contribution >= 4 is 0 Å². The molecule has 0 amide bonds. The molecule has 1 N–H and O–H groups in total. The lowest BCUT2D eigenvalue weighted by Gasteiger charge is -2.06. The number of oxazole rings is 1. The Labute approximate surface area is 78.5 Å². The standard InChI is InChI=1S/C10H16N2O/c1-3-11-7(2)10-12-6-9(13-10)8-4-5-8/h6-8,11H,3-5H2,1-2H3. The van der Waals surface area contributed by atoms with E-state index in [0.29, 0.717) is 5.92 Å². The van der Waals surface area contributed by atoms with Crippen LogP contribution in [0.3, 0.4) is 0 Å². The van der Waals surface area contributed by atoms with Crippen molar-refractivity contribution in [3.8, 4) is 0 Å². The molecule has 13 heavy (non-hydrogen) atoms. The van der Waals surface area contributed by atoms with Crippen molar-refractivity contribution in [1.82, 2.24) is 10.3 Å². The topological polar surface area (TPSA) is 38.1 Å². The van der Waals surface area contributed by atoms with Crippen LogP contribution in [0.2, 0.25) is 0 Å². The molecule has 0 spiro atoms. The average molecular weight is 180 g/mol. The van der Waals surface area contributed by atoms with Gasteiger partial charge in [0.2, 0.25) is 5.89 Å². The number of nitrogens with one attached hydrogen (secondary N) is 1. The summed E-state index contributed by atoms with van der Waals surface area (Å²) >= 11 is 0. The van der Waals surface area contributed by atoms with E-state index in [0.717, 1.165) is 18.2 Å². The summed E-state index contributed by atoms with van der Waals surface area (Å²) in [6.45, 7) is 5.11. The summed E-state index contributed by atoms with van der Waals surface area (Å²) in [4.78, 5) is 4.27. The predicted octanol–water partition coefficient (Wildman–Crippen LogP) is 2.22. The van der Waals surface area contributed by atoms with Crippen molar-refractivity contribution in [2.24, 2.45) is 0 Å². The van der Waals surface area contributed by atoms with Crippen molar-refractivity contribution in [2.75, 3.05) is 6.54 Å². The molecular weight excluding hydrogens is 164 g/mol. The molecule has 72 valence electrons. The lowest BCUT2D eigenvalue weighted by molar-refractivity contribution is 0.399. The van der Waals surface area contributed by atoms with Gasteiger partial charge >= 0.3 is 0 Å². The first kappa shape index (κ1) is 8.75. The quantitative estimate of drug-likeness (QED) is 0.772. The second kappa shape index (κ2) is 3.50. The third-order valence-corrected chi connectivity index (χ3v) is 2.40. The molecule has 0 aromatic carbocycles. The predicted molar refractivity (Wildman–Crippen MR) is 50.6 cm³/mol. The van der Waals surface area contributed by atoms with Crippen molar-refractivity contribution in [3.05, 3.63) is 17.8 Å². The van der Waals surface area contributed by atoms with Crippen LogP contribution >= 0.6 is 0 Å². The van der Waals surface area contributed by atoms with Crippen LogP contribution in [0.25, 0.3) is 0 Å². The Morgan fingerprint density at radius 1 is 1.69 bits per heavy atom. The van der Waals surface area contributed by atoms with Crippen molar-refractivity contribution in [3.63, 3.8) is 0 Å². The number of rotatable bonds is 4. The molecule has 1 aliphatic carbocycles. The Kier molecular flexibility index (Phi) is 2.36. The molecule has 1 saturated carbocycles. The molecule has 3 nitrogen and oxygen atoms in total. The molecule has 0 radical (unpaired) electrons. The van der Waals surface area contributed by atoms with Crippen molar-refractivity contribution < 1.29 is 4.42 Å². The fourth-order valence-electron chi connectivity index (χ4n) is 1.45. The third-order valence-electron chi connectivity index (χ3n) is 2.40. The Balaban J connectivity index is 2.03. The Morgan fingerprint density at radius 3 is 3.08 bits per heavy atom. The molecule has 1 aliphatic rings. The minimum Gasteiger partial charge on any atom is -0.444 e. The molecule has 1 atom stereocenters. The number of nitrogens with zero attached hydrogens (tertiary/aromatic N) is 1. The highest BCUT2D eigenvalue weighted by molar-refractivity contribution is 5.09. The van der Waals surface area contributed by atoms with Gasteiger partial charge in [0.15, 0.2) is 0 Å². The van der Waals surface area contributed by atoms with Gasteiger partial charge in [0.05, 0.1) is 12.2 Å². The molecule has 0 aliphatic heterocycles. The van der Waals surface area contributed by atoms with Gasteiger partial charge in [0.25, 0.3) is 0 Å². The Morgan fingerprint density at radius 2 is 2.46 bits per heavy atom. The molecule has 1 fully saturated rings. The summed E-state index contributed by atoms with van der Waals surface area (Å²) in [6, 6.07) is 0.234. The molecule has 1 heterocycles. The van der Waals surface area contributed by atoms with Crippen LogP contribution in [0.4, 0.5) is 0 Å². The highest BCUT2D eigenvalue weighted by Crippen LogP contribution is 2.40. The van der Waals surface area contributed by atoms with Crippen LogP contribution in [0.1, 0.15) is 50.3 Å². The third kappa shape index (κ3) is 1.91. The highest BCUT2D eigenvalue weighted by atomic mass is 16.4. The summed E-state index contributed by atoms with van der Waals surface area (Å²) in [5.41, 5.74) is 0. The lowest BCUT2D eigenvalue weighted by atomic mass is 10.3. The SMILES string of the molecule is CCNC(C)c1ncc(C2CC2)o1. The fourth-order valence-corrected chi connectivity index (χ4v) is 1.45. The number of hydrogen-bond donors (Lipinski definition) is 1. The van der Waals surface area contributed by atoms with E-state index in [-0.39, 0.29) is 6.04 Å². The minimum absolute atomic E-state index is 0.234. The summed E-state index contributed by atoms with van der Waals surface area (Å²) in [7, 11) is 0. The van der Waals surface area contributed by atoms with Gasteiger partial charge < -0.3 is 9.73 Å². The van der Waals surface area contributed by atoms with E-state index in [1.54, 1.807) is 0 Å². The van der Waals surface area contributed by atoms with Crippen LogP contribution in [0.15, 0.2) is 10.6 Å². The molecule has 0 saturated heterocycles. The van der Waals surface area contributed by atoms with Crippen molar-refractivity contribution in [1.29, 1.82) is 0 Å². The molecule has 1 aromatic rings. The molecule has 1 unspecified atom stereocenters. The van der Waals surface area contributed by atoms with Gasteiger partial charge in [-0.2, -0.15) is 0 Å². The van der Waals surface area contributed by atoms with Crippen LogP contribution in [0, 0.1) is 0 Å². The monoisotopic (exact) mass is 180 g/mol. The van der Waals surface area contributed by atoms with E-state index in [2.05, 4.69) is 24.1 Å². The van der Waals surface area contributed by atoms with E-state index in [1.807, 2.05) is 6.20 Å². The van der Waals surface area contributed by atoms with E-state index in [4.69, 9.17) is 4.42 Å². The van der Waals surface area contributed by atoms with Gasteiger partial charge in [-0.1, -0.05) is 6.92 Å². The van der Waals surface area contributed by atoms with E-state index in [9.17, 15) is 0 Å². The fraction of sp³-hybridized carbons (Fsp3) is 0.700. The first-order chi connectivity index (χ1) is 6.31. The van der Waals surface area contributed by atoms with Gasteiger partial charge in [-0.15, -0.1) is 0 Å². The smallest absolute Gasteiger partial charge is 0.211 e. The summed E-state index contributed by atoms with van der Waals surface area (Å²) in [5, 5.41) is 3.28. The molecular formula is C10H16N2O. The summed E-state index contributed by atoms with van der Waals surface area (Å²) in [5.74, 6) is 2.55. The highest BCUT2D eigenvalue weighted by Gasteiger charge is 2.28. The zero-order valence-electron chi connectivity index (χ0n) is 8.21. The zero-order chi connectivity index (χ0) is 9.26. The maximum Gasteiger partial charge on any atom is 0.211 e. The molecule has 2 rings (SSSR count). The molecule has 0 bridgehead atoms. The minimum atomic E-state index is 0.234. The van der Waals surface area contributed by atoms with Crippen LogP contribution < -0.4 is 5.32 Å². The maximum atomic E-state index is 5.65. The van der Waals surface area contributed by atoms with Crippen LogP contribution in [-0.4, -0.2) is 11.5 Å². The normalized spacial score (nSPS) is 18.9. The maximum absolute atomic E-state index is 5.65. The van der Waals surface area contributed by atoms with Gasteiger partial charge in [0, 0.05) is 5.92 Å². The molecule has 1 aromatic heterocycles. The lowest BCUT2D eigenvalue weighted by Crippen LogP contribution is -2.17. The number of aromatic nitrogens is 1. The van der Waals surface area contributed by atoms with E-state index < -0.39 is 0 Å². The zero-order valence-corrected chi connectivity index (χ0v) is 8.21. The first-order valence-corrected chi connectivity index (χ1v) is 5.00. The Bertz CT molecular complexity index is 278. The second-order valence-corrected chi connectivity index (χ2v) is 3.65. The second-order valence-electron chi connectivity index (χ2n) is 3.65. The van der Waals surface area contributed by atoms with Crippen LogP contribution in [-0.2, 0) is 0 Å². The van der Waals surface area contributed by atoms with Crippen LogP contribution in [0.5, 0.6) is 0 Å². The van der Waals surface area contributed by atoms with E-state index >= 15 is 0 Å². The largest absolute Gasteiger partial charge is 0.444 e. The molecule has 3 heteroatoms. The van der Waals surface area contributed by atoms with Gasteiger partial charge in [0.1, 0.15) is 5.76 Å². The summed E-state index contributed by atoms with van der Waals surface area (Å²) in [6.07, 6.45) is 4.41. The first-order valence-electron chi connectivity index (χ1n) is 5.00. The van der Waals surface area contributed by atoms with Crippen molar-refractivity contribution in [2.45, 2.75) is 38.6 Å². The Hall–Kier alpha value is -0.830. The van der Waals surface area contributed by atoms with Gasteiger partial charge in [-0.25, -0.2) is 4.98 Å². The number of hydrogen-bond acceptors (Lipinski definition) is 3.